The van der Waals surface area contributed by atoms with Crippen molar-refractivity contribution in [2.75, 3.05) is 13.2 Å². The fraction of sp³-hybridized carbons (Fsp3) is 0.176. The summed E-state index contributed by atoms with van der Waals surface area (Å²) < 4.78 is 5.50. The highest BCUT2D eigenvalue weighted by atomic mass is 32.1. The molecule has 0 atom stereocenters. The highest BCUT2D eigenvalue weighted by Gasteiger charge is 2.16. The van der Waals surface area contributed by atoms with Crippen LogP contribution in [0.25, 0.3) is 21.1 Å². The molecule has 120 valence electrons. The van der Waals surface area contributed by atoms with E-state index in [0.29, 0.717) is 24.8 Å². The molecule has 1 aliphatic heterocycles. The van der Waals surface area contributed by atoms with Crippen molar-refractivity contribution in [1.29, 1.82) is 0 Å². The van der Waals surface area contributed by atoms with Gasteiger partial charge in [0.05, 0.1) is 16.3 Å². The van der Waals surface area contributed by atoms with E-state index in [9.17, 15) is 0 Å². The van der Waals surface area contributed by atoms with Crippen molar-refractivity contribution in [1.82, 2.24) is 15.0 Å². The van der Waals surface area contributed by atoms with E-state index in [0.717, 1.165) is 26.8 Å². The number of ether oxygens (including phenoxy) is 1. The van der Waals surface area contributed by atoms with Crippen LogP contribution in [-0.2, 0) is 9.57 Å². The Morgan fingerprint density at radius 3 is 2.75 bits per heavy atom. The molecule has 0 amide bonds. The molecule has 6 nitrogen and oxygen atoms in total. The van der Waals surface area contributed by atoms with Gasteiger partial charge in [0.15, 0.2) is 6.61 Å². The van der Waals surface area contributed by atoms with Crippen LogP contribution in [0.1, 0.15) is 11.4 Å². The highest BCUT2D eigenvalue weighted by Crippen LogP contribution is 2.34. The molecule has 0 spiro atoms. The maximum atomic E-state index is 5.50. The molecule has 3 aromatic rings. The number of hydrogen-bond donors (Lipinski definition) is 0. The maximum absolute atomic E-state index is 5.50. The lowest BCUT2D eigenvalue weighted by Gasteiger charge is -2.13. The average molecular weight is 338 g/mol. The number of hydrogen-bond acceptors (Lipinski definition) is 7. The van der Waals surface area contributed by atoms with Crippen molar-refractivity contribution in [3.63, 3.8) is 0 Å². The molecule has 24 heavy (non-hydrogen) atoms. The van der Waals surface area contributed by atoms with Gasteiger partial charge in [-0.1, -0.05) is 6.07 Å². The van der Waals surface area contributed by atoms with Crippen molar-refractivity contribution < 1.29 is 9.57 Å². The molecule has 0 saturated carbocycles. The van der Waals surface area contributed by atoms with Gasteiger partial charge in [0, 0.05) is 18.0 Å². The number of pyridine rings is 2. The molecular formula is C17H14N4O2S. The van der Waals surface area contributed by atoms with Crippen LogP contribution >= 0.6 is 11.3 Å². The Labute approximate surface area is 142 Å². The van der Waals surface area contributed by atoms with Gasteiger partial charge < -0.3 is 9.57 Å². The smallest absolute Gasteiger partial charge is 0.276 e. The molecule has 1 aliphatic rings. The Hall–Kier alpha value is -2.80. The molecule has 0 aromatic carbocycles. The molecule has 0 unspecified atom stereocenters. The Kier molecular flexibility index (Phi) is 3.92. The lowest BCUT2D eigenvalue weighted by molar-refractivity contribution is 0.0652. The minimum absolute atomic E-state index is 0.415. The third kappa shape index (κ3) is 2.85. The van der Waals surface area contributed by atoms with Crippen LogP contribution in [0.2, 0.25) is 0 Å². The van der Waals surface area contributed by atoms with Crippen molar-refractivity contribution >= 4 is 17.2 Å². The van der Waals surface area contributed by atoms with Crippen LogP contribution < -0.4 is 0 Å². The number of aromatic nitrogens is 3. The number of nitrogens with zero attached hydrogens (tertiary/aromatic N) is 4. The lowest BCUT2D eigenvalue weighted by Crippen LogP contribution is -2.18. The van der Waals surface area contributed by atoms with Crippen molar-refractivity contribution in [3.8, 4) is 21.1 Å². The van der Waals surface area contributed by atoms with Crippen LogP contribution in [0.5, 0.6) is 0 Å². The molecule has 0 N–H and O–H groups in total. The molecule has 0 aliphatic carbocycles. The fourth-order valence-electron chi connectivity index (χ4n) is 2.35. The van der Waals surface area contributed by atoms with Gasteiger partial charge in [-0.25, -0.2) is 9.97 Å². The largest absolute Gasteiger partial charge is 0.470 e. The SMILES string of the molecule is Cc1nc(-c2cccnc2)sc1-c1cccc(C2=NOCCO2)n1. The summed E-state index contributed by atoms with van der Waals surface area (Å²) in [5.41, 5.74) is 3.44. The minimum atomic E-state index is 0.415. The van der Waals surface area contributed by atoms with Gasteiger partial charge in [0.25, 0.3) is 5.90 Å². The zero-order chi connectivity index (χ0) is 16.4. The van der Waals surface area contributed by atoms with E-state index < -0.39 is 0 Å². The van der Waals surface area contributed by atoms with Crippen LogP contribution in [0.15, 0.2) is 47.9 Å². The van der Waals surface area contributed by atoms with Gasteiger partial charge in [-0.2, -0.15) is 0 Å². The summed E-state index contributed by atoms with van der Waals surface area (Å²) in [4.78, 5) is 19.6. The second-order valence-corrected chi connectivity index (χ2v) is 6.16. The predicted octanol–water partition coefficient (Wildman–Crippen LogP) is 3.28. The van der Waals surface area contributed by atoms with Gasteiger partial charge in [-0.15, -0.1) is 11.3 Å². The van der Waals surface area contributed by atoms with E-state index in [2.05, 4.69) is 20.1 Å². The summed E-state index contributed by atoms with van der Waals surface area (Å²) in [7, 11) is 0. The second kappa shape index (κ2) is 6.37. The van der Waals surface area contributed by atoms with Crippen LogP contribution in [0.4, 0.5) is 0 Å². The monoisotopic (exact) mass is 338 g/mol. The van der Waals surface area contributed by atoms with Gasteiger partial charge in [-0.05, 0) is 36.3 Å². The van der Waals surface area contributed by atoms with Crippen LogP contribution in [0.3, 0.4) is 0 Å². The van der Waals surface area contributed by atoms with Gasteiger partial charge >= 0.3 is 0 Å². The topological polar surface area (TPSA) is 69.5 Å². The predicted molar refractivity (Wildman–Crippen MR) is 91.8 cm³/mol. The zero-order valence-corrected chi connectivity index (χ0v) is 13.8. The molecule has 0 fully saturated rings. The van der Waals surface area contributed by atoms with E-state index in [1.165, 1.54) is 0 Å². The minimum Gasteiger partial charge on any atom is -0.470 e. The molecule has 3 aromatic heterocycles. The molecule has 4 rings (SSSR count). The summed E-state index contributed by atoms with van der Waals surface area (Å²) in [6.45, 7) is 2.93. The Morgan fingerprint density at radius 2 is 1.96 bits per heavy atom. The summed E-state index contributed by atoms with van der Waals surface area (Å²) >= 11 is 1.60. The van der Waals surface area contributed by atoms with Crippen molar-refractivity contribution in [3.05, 3.63) is 54.1 Å². The van der Waals surface area contributed by atoms with Crippen LogP contribution in [0, 0.1) is 6.92 Å². The van der Waals surface area contributed by atoms with E-state index >= 15 is 0 Å². The average Bonchev–Trinajstić information content (AvgIpc) is 3.05. The first kappa shape index (κ1) is 14.8. The molecule has 0 radical (unpaired) electrons. The van der Waals surface area contributed by atoms with Gasteiger partial charge in [0.1, 0.15) is 17.3 Å². The summed E-state index contributed by atoms with van der Waals surface area (Å²) in [6.07, 6.45) is 3.57. The zero-order valence-electron chi connectivity index (χ0n) is 13.0. The number of oxime groups is 1. The van der Waals surface area contributed by atoms with Gasteiger partial charge in [-0.3, -0.25) is 4.98 Å². The van der Waals surface area contributed by atoms with E-state index in [1.54, 1.807) is 17.5 Å². The first-order valence-electron chi connectivity index (χ1n) is 7.49. The molecule has 4 heterocycles. The number of aryl methyl sites for hydroxylation is 1. The molecule has 7 heteroatoms. The van der Waals surface area contributed by atoms with E-state index in [1.807, 2.05) is 43.5 Å². The highest BCUT2D eigenvalue weighted by molar-refractivity contribution is 7.18. The Bertz CT molecular complexity index is 893. The normalized spacial score (nSPS) is 13.8. The molecule has 0 saturated heterocycles. The number of rotatable bonds is 3. The standard InChI is InChI=1S/C17H14N4O2S/c1-11-15(24-17(19-11)12-4-3-7-18-10-12)13-5-2-6-14(20-13)16-21-23-9-8-22-16/h2-7,10H,8-9H2,1H3. The van der Waals surface area contributed by atoms with Crippen molar-refractivity contribution in [2.45, 2.75) is 6.92 Å². The second-order valence-electron chi connectivity index (χ2n) is 5.16. The fourth-order valence-corrected chi connectivity index (χ4v) is 3.38. The third-order valence-corrected chi connectivity index (χ3v) is 4.70. The molecule has 0 bridgehead atoms. The van der Waals surface area contributed by atoms with Crippen molar-refractivity contribution in [2.24, 2.45) is 5.16 Å². The third-order valence-electron chi connectivity index (χ3n) is 3.47. The van der Waals surface area contributed by atoms with E-state index in [-0.39, 0.29) is 0 Å². The van der Waals surface area contributed by atoms with E-state index in [4.69, 9.17) is 9.57 Å². The lowest BCUT2D eigenvalue weighted by atomic mass is 10.2. The Morgan fingerprint density at radius 1 is 1.04 bits per heavy atom. The van der Waals surface area contributed by atoms with Crippen LogP contribution in [-0.4, -0.2) is 34.1 Å². The maximum Gasteiger partial charge on any atom is 0.276 e. The summed E-state index contributed by atoms with van der Waals surface area (Å²) in [5.74, 6) is 0.415. The molecular weight excluding hydrogens is 324 g/mol. The first-order valence-corrected chi connectivity index (χ1v) is 8.31. The first-order chi connectivity index (χ1) is 11.8. The van der Waals surface area contributed by atoms with Gasteiger partial charge in [0.2, 0.25) is 0 Å². The summed E-state index contributed by atoms with van der Waals surface area (Å²) in [6, 6.07) is 9.65. The number of thiazole rings is 1. The quantitative estimate of drug-likeness (QED) is 0.733. The summed E-state index contributed by atoms with van der Waals surface area (Å²) in [5, 5.41) is 4.85. The Balaban J connectivity index is 1.72.